The Labute approximate surface area is 108 Å². The van der Waals surface area contributed by atoms with E-state index < -0.39 is 4.92 Å². The Morgan fingerprint density at radius 3 is 2.83 bits per heavy atom. The van der Waals surface area contributed by atoms with Crippen molar-refractivity contribution >= 4 is 17.3 Å². The number of rotatable bonds is 3. The maximum atomic E-state index is 11.0. The number of pyridine rings is 1. The second-order valence-corrected chi connectivity index (χ2v) is 4.01. The fraction of sp³-hybridized carbons (Fsp3) is 0.182. The van der Waals surface area contributed by atoms with Gasteiger partial charge in [-0.3, -0.25) is 15.1 Å². The van der Waals surface area contributed by atoms with Gasteiger partial charge >= 0.3 is 5.69 Å². The number of hydrogen-bond donors (Lipinski definition) is 0. The molecule has 0 saturated carbocycles. The van der Waals surface area contributed by atoms with Crippen LogP contribution in [-0.4, -0.2) is 19.9 Å². The van der Waals surface area contributed by atoms with Crippen molar-refractivity contribution in [1.29, 1.82) is 0 Å². The van der Waals surface area contributed by atoms with Gasteiger partial charge < -0.3 is 0 Å². The Balaban J connectivity index is 2.46. The third kappa shape index (κ3) is 2.60. The van der Waals surface area contributed by atoms with Crippen LogP contribution in [0.5, 0.6) is 0 Å². The summed E-state index contributed by atoms with van der Waals surface area (Å²) in [7, 11) is 0. The van der Waals surface area contributed by atoms with Crippen molar-refractivity contribution in [3.05, 3.63) is 56.9 Å². The number of halogens is 1. The summed E-state index contributed by atoms with van der Waals surface area (Å²) in [5, 5.41) is 11.0. The Kier molecular flexibility index (Phi) is 3.47. The fourth-order valence-electron chi connectivity index (χ4n) is 1.65. The molecular formula is C11H9ClN4O2. The zero-order chi connectivity index (χ0) is 13.1. The first kappa shape index (κ1) is 12.4. The van der Waals surface area contributed by atoms with E-state index >= 15 is 0 Å². The second kappa shape index (κ2) is 5.05. The molecule has 0 N–H and O–H groups in total. The summed E-state index contributed by atoms with van der Waals surface area (Å²) in [5.41, 5.74) is 1.29. The molecule has 0 aliphatic heterocycles. The highest BCUT2D eigenvalue weighted by Crippen LogP contribution is 2.23. The predicted molar refractivity (Wildman–Crippen MR) is 65.5 cm³/mol. The molecule has 0 fully saturated rings. The summed E-state index contributed by atoms with van der Waals surface area (Å²) >= 11 is 5.73. The van der Waals surface area contributed by atoms with Crippen LogP contribution in [-0.2, 0) is 6.42 Å². The summed E-state index contributed by atoms with van der Waals surface area (Å²) < 4.78 is 0. The lowest BCUT2D eigenvalue weighted by atomic mass is 10.1. The molecule has 6 nitrogen and oxygen atoms in total. The van der Waals surface area contributed by atoms with Crippen LogP contribution in [0.4, 0.5) is 5.69 Å². The van der Waals surface area contributed by atoms with Gasteiger partial charge in [-0.25, -0.2) is 9.97 Å². The van der Waals surface area contributed by atoms with Crippen LogP contribution in [0.15, 0.2) is 24.5 Å². The van der Waals surface area contributed by atoms with Crippen molar-refractivity contribution in [3.8, 4) is 0 Å². The molecule has 0 spiro atoms. The van der Waals surface area contributed by atoms with Gasteiger partial charge in [-0.2, -0.15) is 0 Å². The molecule has 0 saturated heterocycles. The molecule has 2 heterocycles. The van der Waals surface area contributed by atoms with Gasteiger partial charge in [0.2, 0.25) is 5.28 Å². The predicted octanol–water partition coefficient (Wildman–Crippen LogP) is 2.33. The lowest BCUT2D eigenvalue weighted by Crippen LogP contribution is -2.05. The van der Waals surface area contributed by atoms with Gasteiger partial charge in [0, 0.05) is 18.8 Å². The first-order chi connectivity index (χ1) is 8.58. The third-order valence-electron chi connectivity index (χ3n) is 2.38. The maximum Gasteiger partial charge on any atom is 0.312 e. The van der Waals surface area contributed by atoms with Gasteiger partial charge in [0.15, 0.2) is 0 Å². The molecule has 0 radical (unpaired) electrons. The van der Waals surface area contributed by atoms with Crippen LogP contribution in [0.3, 0.4) is 0 Å². The van der Waals surface area contributed by atoms with Crippen molar-refractivity contribution in [2.45, 2.75) is 13.3 Å². The normalized spacial score (nSPS) is 10.3. The van der Waals surface area contributed by atoms with Gasteiger partial charge in [-0.15, -0.1) is 0 Å². The largest absolute Gasteiger partial charge is 0.312 e. The summed E-state index contributed by atoms with van der Waals surface area (Å²) in [6.45, 7) is 1.54. The van der Waals surface area contributed by atoms with Gasteiger partial charge in [0.25, 0.3) is 0 Å². The standard InChI is InChI=1S/C11H9ClN4O2/c1-7-10(16(17)18)9(15-11(12)14-7)5-8-3-2-4-13-6-8/h2-4,6H,5H2,1H3. The summed E-state index contributed by atoms with van der Waals surface area (Å²) in [4.78, 5) is 22.2. The highest BCUT2D eigenvalue weighted by Gasteiger charge is 2.21. The molecule has 0 aliphatic rings. The van der Waals surface area contributed by atoms with E-state index in [1.165, 1.54) is 0 Å². The monoisotopic (exact) mass is 264 g/mol. The molecule has 0 aromatic carbocycles. The first-order valence-corrected chi connectivity index (χ1v) is 5.52. The minimum atomic E-state index is -0.489. The molecule has 0 unspecified atom stereocenters. The van der Waals surface area contributed by atoms with Gasteiger partial charge in [0.05, 0.1) is 4.92 Å². The molecule has 2 aromatic heterocycles. The third-order valence-corrected chi connectivity index (χ3v) is 2.55. The van der Waals surface area contributed by atoms with E-state index in [9.17, 15) is 10.1 Å². The SMILES string of the molecule is Cc1nc(Cl)nc(Cc2cccnc2)c1[N+](=O)[O-]. The first-order valence-electron chi connectivity index (χ1n) is 5.14. The van der Waals surface area contributed by atoms with Crippen LogP contribution in [0.2, 0.25) is 5.28 Å². The fourth-order valence-corrected chi connectivity index (χ4v) is 1.88. The zero-order valence-corrected chi connectivity index (χ0v) is 10.3. The molecule has 7 heteroatoms. The summed E-state index contributed by atoms with van der Waals surface area (Å²) in [6, 6.07) is 3.58. The molecule has 0 amide bonds. The minimum absolute atomic E-state index is 0.0111. The Bertz CT molecular complexity index is 589. The number of nitrogens with zero attached hydrogens (tertiary/aromatic N) is 4. The van der Waals surface area contributed by atoms with E-state index in [-0.39, 0.29) is 16.7 Å². The van der Waals surface area contributed by atoms with Crippen LogP contribution < -0.4 is 0 Å². The van der Waals surface area contributed by atoms with Crippen molar-refractivity contribution < 1.29 is 4.92 Å². The van der Waals surface area contributed by atoms with Crippen molar-refractivity contribution in [3.63, 3.8) is 0 Å². The molecule has 2 aromatic rings. The van der Waals surface area contributed by atoms with Gasteiger partial charge in [-0.1, -0.05) is 6.07 Å². The Hall–Kier alpha value is -2.08. The van der Waals surface area contributed by atoms with Crippen molar-refractivity contribution in [2.75, 3.05) is 0 Å². The van der Waals surface area contributed by atoms with Crippen LogP contribution in [0.1, 0.15) is 17.0 Å². The molecule has 92 valence electrons. The van der Waals surface area contributed by atoms with Crippen molar-refractivity contribution in [1.82, 2.24) is 15.0 Å². The molecule has 18 heavy (non-hydrogen) atoms. The van der Waals surface area contributed by atoms with Gasteiger partial charge in [-0.05, 0) is 30.2 Å². The summed E-state index contributed by atoms with van der Waals surface area (Å²) in [5.74, 6) is 0. The molecular weight excluding hydrogens is 256 g/mol. The summed E-state index contributed by atoms with van der Waals surface area (Å²) in [6.07, 6.45) is 3.57. The number of hydrogen-bond acceptors (Lipinski definition) is 5. The van der Waals surface area contributed by atoms with Crippen LogP contribution >= 0.6 is 11.6 Å². The second-order valence-electron chi connectivity index (χ2n) is 3.67. The number of aromatic nitrogens is 3. The topological polar surface area (TPSA) is 81.8 Å². The average molecular weight is 265 g/mol. The van der Waals surface area contributed by atoms with Crippen molar-refractivity contribution in [2.24, 2.45) is 0 Å². The molecule has 0 atom stereocenters. The lowest BCUT2D eigenvalue weighted by Gasteiger charge is -2.04. The zero-order valence-electron chi connectivity index (χ0n) is 9.50. The van der Waals surface area contributed by atoms with E-state index in [4.69, 9.17) is 11.6 Å². The quantitative estimate of drug-likeness (QED) is 0.483. The maximum absolute atomic E-state index is 11.0. The average Bonchev–Trinajstić information content (AvgIpc) is 2.28. The number of aryl methyl sites for hydroxylation is 1. The number of nitro groups is 1. The molecule has 0 bridgehead atoms. The van der Waals surface area contributed by atoms with E-state index in [1.54, 1.807) is 25.4 Å². The lowest BCUT2D eigenvalue weighted by molar-refractivity contribution is -0.386. The molecule has 0 aliphatic carbocycles. The molecule has 2 rings (SSSR count). The van der Waals surface area contributed by atoms with E-state index in [2.05, 4.69) is 15.0 Å². The van der Waals surface area contributed by atoms with Crippen LogP contribution in [0.25, 0.3) is 0 Å². The minimum Gasteiger partial charge on any atom is -0.264 e. The van der Waals surface area contributed by atoms with E-state index in [1.807, 2.05) is 6.07 Å². The van der Waals surface area contributed by atoms with E-state index in [0.717, 1.165) is 5.56 Å². The highest BCUT2D eigenvalue weighted by molar-refractivity contribution is 6.28. The van der Waals surface area contributed by atoms with Gasteiger partial charge in [0.1, 0.15) is 11.4 Å². The van der Waals surface area contributed by atoms with Crippen LogP contribution in [0, 0.1) is 17.0 Å². The Morgan fingerprint density at radius 2 is 2.22 bits per heavy atom. The Morgan fingerprint density at radius 1 is 1.44 bits per heavy atom. The van der Waals surface area contributed by atoms with E-state index in [0.29, 0.717) is 12.1 Å². The smallest absolute Gasteiger partial charge is 0.264 e. The highest BCUT2D eigenvalue weighted by atomic mass is 35.5.